The molecule has 0 amide bonds. The second kappa shape index (κ2) is 5.76. The van der Waals surface area contributed by atoms with E-state index in [1.807, 2.05) is 0 Å². The highest BCUT2D eigenvalue weighted by Crippen LogP contribution is 2.26. The number of nitrogens with zero attached hydrogens (tertiary/aromatic N) is 1. The van der Waals surface area contributed by atoms with Crippen LogP contribution in [-0.2, 0) is 6.54 Å². The van der Waals surface area contributed by atoms with Crippen molar-refractivity contribution >= 4 is 38.6 Å². The fourth-order valence-electron chi connectivity index (χ4n) is 1.83. The molecule has 0 radical (unpaired) electrons. The van der Waals surface area contributed by atoms with E-state index >= 15 is 0 Å². The lowest BCUT2D eigenvalue weighted by molar-refractivity contribution is 1.11. The summed E-state index contributed by atoms with van der Waals surface area (Å²) in [7, 11) is 4.14. The van der Waals surface area contributed by atoms with Crippen LogP contribution in [-0.4, -0.2) is 14.1 Å². The molecule has 0 spiro atoms. The SMILES string of the molecule is Cc1ccc(NCc2sccc2Br)cc1N(C)C. The summed E-state index contributed by atoms with van der Waals surface area (Å²) in [5, 5.41) is 5.56. The van der Waals surface area contributed by atoms with Crippen LogP contribution in [0.15, 0.2) is 34.1 Å². The van der Waals surface area contributed by atoms with Crippen molar-refractivity contribution in [2.75, 3.05) is 24.3 Å². The zero-order valence-electron chi connectivity index (χ0n) is 10.8. The number of halogens is 1. The Bertz CT molecular complexity index is 534. The van der Waals surface area contributed by atoms with Crippen molar-refractivity contribution in [1.82, 2.24) is 0 Å². The van der Waals surface area contributed by atoms with Crippen LogP contribution in [0.3, 0.4) is 0 Å². The van der Waals surface area contributed by atoms with Crippen LogP contribution in [0.25, 0.3) is 0 Å². The van der Waals surface area contributed by atoms with E-state index in [4.69, 9.17) is 0 Å². The van der Waals surface area contributed by atoms with Gasteiger partial charge in [-0.2, -0.15) is 0 Å². The number of rotatable bonds is 4. The van der Waals surface area contributed by atoms with Gasteiger partial charge in [0.1, 0.15) is 0 Å². The molecule has 1 aromatic carbocycles. The molecular formula is C14H17BrN2S. The maximum absolute atomic E-state index is 3.55. The smallest absolute Gasteiger partial charge is 0.0505 e. The predicted molar refractivity (Wildman–Crippen MR) is 84.9 cm³/mol. The minimum absolute atomic E-state index is 0.855. The summed E-state index contributed by atoms with van der Waals surface area (Å²) < 4.78 is 1.18. The molecule has 0 fully saturated rings. The normalized spacial score (nSPS) is 10.4. The summed E-state index contributed by atoms with van der Waals surface area (Å²) in [5.74, 6) is 0. The molecule has 0 saturated heterocycles. The van der Waals surface area contributed by atoms with Gasteiger partial charge in [0, 0.05) is 34.8 Å². The quantitative estimate of drug-likeness (QED) is 0.890. The number of anilines is 2. The first-order valence-electron chi connectivity index (χ1n) is 5.81. The van der Waals surface area contributed by atoms with Crippen LogP contribution in [0.2, 0.25) is 0 Å². The third-order valence-corrected chi connectivity index (χ3v) is 4.76. The van der Waals surface area contributed by atoms with E-state index in [1.165, 1.54) is 20.6 Å². The van der Waals surface area contributed by atoms with Gasteiger partial charge in [-0.3, -0.25) is 0 Å². The van der Waals surface area contributed by atoms with Gasteiger partial charge in [0.05, 0.1) is 6.54 Å². The first kappa shape index (κ1) is 13.4. The van der Waals surface area contributed by atoms with Crippen molar-refractivity contribution in [3.63, 3.8) is 0 Å². The average molecular weight is 325 g/mol. The summed E-state index contributed by atoms with van der Waals surface area (Å²) in [5.41, 5.74) is 3.71. The maximum Gasteiger partial charge on any atom is 0.0505 e. The van der Waals surface area contributed by atoms with Crippen molar-refractivity contribution in [3.8, 4) is 0 Å². The van der Waals surface area contributed by atoms with Gasteiger partial charge in [-0.25, -0.2) is 0 Å². The first-order valence-corrected chi connectivity index (χ1v) is 7.49. The lowest BCUT2D eigenvalue weighted by Crippen LogP contribution is -2.10. The maximum atomic E-state index is 3.55. The topological polar surface area (TPSA) is 15.3 Å². The Kier molecular flexibility index (Phi) is 4.30. The molecule has 2 nitrogen and oxygen atoms in total. The van der Waals surface area contributed by atoms with Crippen molar-refractivity contribution in [2.24, 2.45) is 0 Å². The van der Waals surface area contributed by atoms with Gasteiger partial charge in [0.25, 0.3) is 0 Å². The van der Waals surface area contributed by atoms with Gasteiger partial charge in [-0.05, 0) is 52.0 Å². The molecule has 1 N–H and O–H groups in total. The Balaban J connectivity index is 2.10. The minimum Gasteiger partial charge on any atom is -0.380 e. The summed E-state index contributed by atoms with van der Waals surface area (Å²) in [6, 6.07) is 8.56. The second-order valence-electron chi connectivity index (χ2n) is 4.44. The van der Waals surface area contributed by atoms with E-state index in [-0.39, 0.29) is 0 Å². The first-order chi connectivity index (χ1) is 8.58. The number of thiophene rings is 1. The van der Waals surface area contributed by atoms with Crippen LogP contribution in [0.4, 0.5) is 11.4 Å². The molecule has 0 aliphatic carbocycles. The van der Waals surface area contributed by atoms with Gasteiger partial charge >= 0.3 is 0 Å². The van der Waals surface area contributed by atoms with E-state index in [2.05, 4.69) is 76.8 Å². The average Bonchev–Trinajstić information content (AvgIpc) is 2.73. The lowest BCUT2D eigenvalue weighted by Gasteiger charge is -2.17. The fourth-order valence-corrected chi connectivity index (χ4v) is 3.27. The van der Waals surface area contributed by atoms with Crippen LogP contribution < -0.4 is 10.2 Å². The molecule has 0 saturated carbocycles. The fraction of sp³-hybridized carbons (Fsp3) is 0.286. The largest absolute Gasteiger partial charge is 0.380 e. The van der Waals surface area contributed by atoms with Crippen LogP contribution in [0.1, 0.15) is 10.4 Å². The highest BCUT2D eigenvalue weighted by Gasteiger charge is 2.04. The number of benzene rings is 1. The molecule has 1 heterocycles. The predicted octanol–water partition coefficient (Wildman–Crippen LogP) is 4.50. The summed E-state index contributed by atoms with van der Waals surface area (Å²) >= 11 is 5.31. The van der Waals surface area contributed by atoms with Crippen molar-refractivity contribution in [1.29, 1.82) is 0 Å². The molecule has 18 heavy (non-hydrogen) atoms. The zero-order chi connectivity index (χ0) is 13.1. The van der Waals surface area contributed by atoms with E-state index in [0.29, 0.717) is 0 Å². The van der Waals surface area contributed by atoms with Crippen molar-refractivity contribution < 1.29 is 0 Å². The summed E-state index contributed by atoms with van der Waals surface area (Å²) in [6.45, 7) is 2.99. The lowest BCUT2D eigenvalue weighted by atomic mass is 10.1. The van der Waals surface area contributed by atoms with Crippen molar-refractivity contribution in [3.05, 3.63) is 44.6 Å². The Morgan fingerprint density at radius 3 is 2.67 bits per heavy atom. The highest BCUT2D eigenvalue weighted by molar-refractivity contribution is 9.10. The molecule has 2 aromatic rings. The molecule has 0 aliphatic rings. The standard InChI is InChI=1S/C14H17BrN2S/c1-10-4-5-11(8-13(10)17(2)3)16-9-14-12(15)6-7-18-14/h4-8,16H,9H2,1-3H3. The molecule has 1 aromatic heterocycles. The van der Waals surface area contributed by atoms with E-state index in [1.54, 1.807) is 11.3 Å². The van der Waals surface area contributed by atoms with Gasteiger partial charge in [0.15, 0.2) is 0 Å². The van der Waals surface area contributed by atoms with Crippen LogP contribution in [0.5, 0.6) is 0 Å². The molecule has 4 heteroatoms. The number of hydrogen-bond donors (Lipinski definition) is 1. The Morgan fingerprint density at radius 2 is 2.06 bits per heavy atom. The van der Waals surface area contributed by atoms with Gasteiger partial charge < -0.3 is 10.2 Å². The zero-order valence-corrected chi connectivity index (χ0v) is 13.2. The molecule has 0 atom stereocenters. The molecule has 2 rings (SSSR count). The molecule has 0 aliphatic heterocycles. The molecule has 0 bridgehead atoms. The Hall–Kier alpha value is -1.00. The number of hydrogen-bond acceptors (Lipinski definition) is 3. The monoisotopic (exact) mass is 324 g/mol. The van der Waals surface area contributed by atoms with Crippen molar-refractivity contribution in [2.45, 2.75) is 13.5 Å². The molecule has 0 unspecified atom stereocenters. The van der Waals surface area contributed by atoms with E-state index in [0.717, 1.165) is 12.2 Å². The second-order valence-corrected chi connectivity index (χ2v) is 6.30. The van der Waals surface area contributed by atoms with E-state index in [9.17, 15) is 0 Å². The van der Waals surface area contributed by atoms with Gasteiger partial charge in [0.2, 0.25) is 0 Å². The number of aryl methyl sites for hydroxylation is 1. The highest BCUT2D eigenvalue weighted by atomic mass is 79.9. The van der Waals surface area contributed by atoms with E-state index < -0.39 is 0 Å². The summed E-state index contributed by atoms with van der Waals surface area (Å²) in [6.07, 6.45) is 0. The Labute approximate surface area is 121 Å². The Morgan fingerprint density at radius 1 is 1.28 bits per heavy atom. The molecule has 96 valence electrons. The van der Waals surface area contributed by atoms with Crippen LogP contribution in [0, 0.1) is 6.92 Å². The number of nitrogens with one attached hydrogen (secondary N) is 1. The van der Waals surface area contributed by atoms with Gasteiger partial charge in [-0.1, -0.05) is 6.07 Å². The molecular weight excluding hydrogens is 308 g/mol. The third-order valence-electron chi connectivity index (χ3n) is 2.84. The third kappa shape index (κ3) is 3.06. The summed E-state index contributed by atoms with van der Waals surface area (Å²) in [4.78, 5) is 3.46. The van der Waals surface area contributed by atoms with Crippen LogP contribution >= 0.6 is 27.3 Å². The minimum atomic E-state index is 0.855. The van der Waals surface area contributed by atoms with Gasteiger partial charge in [-0.15, -0.1) is 11.3 Å².